The van der Waals surface area contributed by atoms with E-state index in [1.165, 1.54) is 13.8 Å². The van der Waals surface area contributed by atoms with Gasteiger partial charge in [-0.25, -0.2) is 8.78 Å². The van der Waals surface area contributed by atoms with E-state index in [2.05, 4.69) is 10.1 Å². The van der Waals surface area contributed by atoms with E-state index in [0.29, 0.717) is 5.75 Å². The van der Waals surface area contributed by atoms with Crippen LogP contribution in [0.4, 0.5) is 17.6 Å². The third-order valence-electron chi connectivity index (χ3n) is 5.36. The van der Waals surface area contributed by atoms with Crippen LogP contribution in [0.1, 0.15) is 20.3 Å². The smallest absolute Gasteiger partial charge is 0.321 e. The number of hydrogen-bond acceptors (Lipinski definition) is 7. The Bertz CT molecular complexity index is 1150. The quantitative estimate of drug-likeness (QED) is 0.188. The summed E-state index contributed by atoms with van der Waals surface area (Å²) in [5.74, 6) is -16.2. The molecule has 0 aromatic heterocycles. The molecule has 0 aliphatic rings. The summed E-state index contributed by atoms with van der Waals surface area (Å²) in [6.07, 6.45) is -0.193. The maximum Gasteiger partial charge on any atom is 0.321 e. The first-order chi connectivity index (χ1) is 17.8. The Morgan fingerprint density at radius 2 is 1.55 bits per heavy atom. The van der Waals surface area contributed by atoms with Crippen LogP contribution in [0.5, 0.6) is 11.5 Å². The highest BCUT2D eigenvalue weighted by molar-refractivity contribution is 6.09. The maximum atomic E-state index is 13.9. The first-order valence-corrected chi connectivity index (χ1v) is 11.3. The van der Waals surface area contributed by atoms with Gasteiger partial charge in [-0.05, 0) is 18.1 Å². The minimum absolute atomic E-state index is 0.0545. The number of amides is 1. The average Bonchev–Trinajstić information content (AvgIpc) is 2.86. The standard InChI is InChI=1S/C25H26F4N2O7/c1-12(2)22(31-17(33)8-9-37-13-6-4-3-5-7-13)23(34)18(21(30)25(35)36)16(32)11-38-24-19(28)14(26)10-15(27)20(24)29/h3-7,10,12,18,21-22H,8-9,11,30H2,1-2H3,(H,31,33)(H,35,36)/t18-,21?,22-/m0/s1. The molecule has 0 bridgehead atoms. The van der Waals surface area contributed by atoms with Gasteiger partial charge in [-0.1, -0.05) is 32.0 Å². The van der Waals surface area contributed by atoms with Gasteiger partial charge in [-0.2, -0.15) is 8.78 Å². The van der Waals surface area contributed by atoms with Crippen LogP contribution in [-0.4, -0.2) is 53.8 Å². The fourth-order valence-electron chi connectivity index (χ4n) is 3.37. The summed E-state index contributed by atoms with van der Waals surface area (Å²) >= 11 is 0. The van der Waals surface area contributed by atoms with Gasteiger partial charge in [0, 0.05) is 6.07 Å². The number of halogens is 4. The summed E-state index contributed by atoms with van der Waals surface area (Å²) in [4.78, 5) is 50.0. The first-order valence-electron chi connectivity index (χ1n) is 11.3. The van der Waals surface area contributed by atoms with E-state index in [0.717, 1.165) is 0 Å². The molecule has 206 valence electrons. The zero-order valence-corrected chi connectivity index (χ0v) is 20.4. The minimum Gasteiger partial charge on any atom is -0.493 e. The zero-order chi connectivity index (χ0) is 28.6. The van der Waals surface area contributed by atoms with Crippen LogP contribution in [-0.2, 0) is 19.2 Å². The lowest BCUT2D eigenvalue weighted by Crippen LogP contribution is -2.55. The Balaban J connectivity index is 2.17. The van der Waals surface area contributed by atoms with Crippen molar-refractivity contribution in [3.8, 4) is 11.5 Å². The average molecular weight is 542 g/mol. The Hall–Kier alpha value is -4.00. The number of carbonyl (C=O) groups excluding carboxylic acids is 3. The molecule has 4 N–H and O–H groups in total. The molecule has 0 spiro atoms. The normalized spacial score (nSPS) is 13.4. The van der Waals surface area contributed by atoms with Gasteiger partial charge < -0.3 is 25.6 Å². The molecule has 3 atom stereocenters. The van der Waals surface area contributed by atoms with Crippen LogP contribution in [0.3, 0.4) is 0 Å². The number of aliphatic carboxylic acids is 1. The monoisotopic (exact) mass is 542 g/mol. The van der Waals surface area contributed by atoms with Crippen molar-refractivity contribution in [2.45, 2.75) is 32.4 Å². The van der Waals surface area contributed by atoms with Crippen molar-refractivity contribution in [2.75, 3.05) is 13.2 Å². The second-order valence-electron chi connectivity index (χ2n) is 8.50. The van der Waals surface area contributed by atoms with Crippen LogP contribution < -0.4 is 20.5 Å². The van der Waals surface area contributed by atoms with Gasteiger partial charge in [0.05, 0.1) is 19.1 Å². The number of ketones is 2. The largest absolute Gasteiger partial charge is 0.493 e. The zero-order valence-electron chi connectivity index (χ0n) is 20.4. The predicted octanol–water partition coefficient (Wildman–Crippen LogP) is 2.40. The molecule has 9 nitrogen and oxygen atoms in total. The Labute approximate surface area is 214 Å². The van der Waals surface area contributed by atoms with Crippen LogP contribution >= 0.6 is 0 Å². The lowest BCUT2D eigenvalue weighted by Gasteiger charge is -2.27. The highest BCUT2D eigenvalue weighted by atomic mass is 19.2. The molecule has 0 aliphatic carbocycles. The molecule has 0 radical (unpaired) electrons. The summed E-state index contributed by atoms with van der Waals surface area (Å²) in [7, 11) is 0. The van der Waals surface area contributed by atoms with Crippen molar-refractivity contribution in [1.29, 1.82) is 0 Å². The van der Waals surface area contributed by atoms with Crippen LogP contribution in [0.15, 0.2) is 36.4 Å². The Kier molecular flexibility index (Phi) is 10.8. The number of hydrogen-bond donors (Lipinski definition) is 3. The van der Waals surface area contributed by atoms with Crippen LogP contribution in [0, 0.1) is 35.1 Å². The van der Waals surface area contributed by atoms with Gasteiger partial charge in [0.25, 0.3) is 0 Å². The molecule has 1 amide bonds. The number of carbonyl (C=O) groups is 4. The van der Waals surface area contributed by atoms with E-state index in [1.807, 2.05) is 0 Å². The molecule has 0 aliphatic heterocycles. The second-order valence-corrected chi connectivity index (χ2v) is 8.50. The summed E-state index contributed by atoms with van der Waals surface area (Å²) in [6.45, 7) is 1.61. The second kappa shape index (κ2) is 13.5. The highest BCUT2D eigenvalue weighted by Gasteiger charge is 2.42. The first kappa shape index (κ1) is 30.2. The van der Waals surface area contributed by atoms with Crippen molar-refractivity contribution in [2.24, 2.45) is 17.6 Å². The number of para-hydroxylation sites is 1. The number of ether oxygens (including phenoxy) is 2. The van der Waals surface area contributed by atoms with Gasteiger partial charge in [-0.15, -0.1) is 0 Å². The molecule has 1 unspecified atom stereocenters. The lowest BCUT2D eigenvalue weighted by atomic mass is 9.84. The number of rotatable bonds is 14. The van der Waals surface area contributed by atoms with Crippen molar-refractivity contribution in [3.63, 3.8) is 0 Å². The minimum atomic E-state index is -2.13. The number of nitrogens with two attached hydrogens (primary N) is 1. The Morgan fingerprint density at radius 3 is 2.08 bits per heavy atom. The van der Waals surface area contributed by atoms with Crippen molar-refractivity contribution in [3.05, 3.63) is 59.7 Å². The molecule has 38 heavy (non-hydrogen) atoms. The molecule has 13 heteroatoms. The number of carboxylic acids is 1. The summed E-state index contributed by atoms with van der Waals surface area (Å²) in [5.41, 5.74) is 5.56. The SMILES string of the molecule is CC(C)[C@H](NC(=O)CCOc1ccccc1)C(=O)[C@@H](C(=O)COc1c(F)c(F)cc(F)c1F)C(N)C(=O)O. The van der Waals surface area contributed by atoms with E-state index in [1.54, 1.807) is 30.3 Å². The van der Waals surface area contributed by atoms with Gasteiger partial charge >= 0.3 is 5.97 Å². The molecule has 0 saturated heterocycles. The van der Waals surface area contributed by atoms with E-state index >= 15 is 0 Å². The van der Waals surface area contributed by atoms with E-state index in [4.69, 9.17) is 10.5 Å². The summed E-state index contributed by atoms with van der Waals surface area (Å²) in [6, 6.07) is 4.96. The molecular formula is C25H26F4N2O7. The van der Waals surface area contributed by atoms with Gasteiger partial charge in [0.2, 0.25) is 17.5 Å². The van der Waals surface area contributed by atoms with Crippen molar-refractivity contribution in [1.82, 2.24) is 5.32 Å². The molecule has 2 rings (SSSR count). The fraction of sp³-hybridized carbons (Fsp3) is 0.360. The maximum absolute atomic E-state index is 13.9. The van der Waals surface area contributed by atoms with Gasteiger partial charge in [-0.3, -0.25) is 19.2 Å². The van der Waals surface area contributed by atoms with Crippen LogP contribution in [0.2, 0.25) is 0 Å². The third-order valence-corrected chi connectivity index (χ3v) is 5.36. The molecular weight excluding hydrogens is 516 g/mol. The summed E-state index contributed by atoms with van der Waals surface area (Å²) in [5, 5.41) is 11.7. The van der Waals surface area contributed by atoms with Gasteiger partial charge in [0.15, 0.2) is 29.0 Å². The topological polar surface area (TPSA) is 145 Å². The highest BCUT2D eigenvalue weighted by Crippen LogP contribution is 2.27. The fourth-order valence-corrected chi connectivity index (χ4v) is 3.37. The lowest BCUT2D eigenvalue weighted by molar-refractivity contribution is -0.148. The van der Waals surface area contributed by atoms with E-state index < -0.39 is 83.0 Å². The predicted molar refractivity (Wildman–Crippen MR) is 124 cm³/mol. The van der Waals surface area contributed by atoms with Crippen LogP contribution in [0.25, 0.3) is 0 Å². The number of carboxylic acid groups (broad SMARTS) is 1. The molecule has 0 saturated carbocycles. The van der Waals surface area contributed by atoms with Crippen molar-refractivity contribution < 1.29 is 51.3 Å². The van der Waals surface area contributed by atoms with Gasteiger partial charge in [0.1, 0.15) is 24.3 Å². The number of benzene rings is 2. The molecule has 0 fully saturated rings. The summed E-state index contributed by atoms with van der Waals surface area (Å²) < 4.78 is 64.6. The molecule has 2 aromatic carbocycles. The number of Topliss-reactive ketones (excluding diaryl/α,β-unsaturated/α-hetero) is 2. The number of nitrogens with one attached hydrogen (secondary N) is 1. The van der Waals surface area contributed by atoms with Crippen molar-refractivity contribution >= 4 is 23.4 Å². The van der Waals surface area contributed by atoms with E-state index in [9.17, 15) is 41.8 Å². The molecule has 2 aromatic rings. The van der Waals surface area contributed by atoms with E-state index in [-0.39, 0.29) is 19.1 Å². The third kappa shape index (κ3) is 7.75. The molecule has 0 heterocycles. The Morgan fingerprint density at radius 1 is 0.974 bits per heavy atom.